The topological polar surface area (TPSA) is 37.6 Å². The van der Waals surface area contributed by atoms with Gasteiger partial charge in [-0.3, -0.25) is 9.20 Å². The SMILES string of the molecule is Cc1ccccc1CN(C)c1nc2sccn2c1C=O. The third-order valence-electron chi connectivity index (χ3n) is 3.42. The van der Waals surface area contributed by atoms with Crippen molar-refractivity contribution in [2.24, 2.45) is 0 Å². The van der Waals surface area contributed by atoms with Crippen LogP contribution in [0.5, 0.6) is 0 Å². The lowest BCUT2D eigenvalue weighted by atomic mass is 10.1. The number of aryl methyl sites for hydroxylation is 1. The van der Waals surface area contributed by atoms with Crippen molar-refractivity contribution in [1.29, 1.82) is 0 Å². The molecule has 3 rings (SSSR count). The number of benzene rings is 1. The highest BCUT2D eigenvalue weighted by Crippen LogP contribution is 2.24. The molecule has 0 aliphatic rings. The van der Waals surface area contributed by atoms with Crippen LogP contribution in [0.25, 0.3) is 4.96 Å². The Hall–Kier alpha value is -2.14. The summed E-state index contributed by atoms with van der Waals surface area (Å²) in [7, 11) is 1.96. The minimum Gasteiger partial charge on any atom is -0.353 e. The Bertz CT molecular complexity index is 759. The third-order valence-corrected chi connectivity index (χ3v) is 4.18. The number of fused-ring (bicyclic) bond motifs is 1. The molecule has 3 aromatic rings. The first-order chi connectivity index (χ1) is 9.70. The van der Waals surface area contributed by atoms with Crippen LogP contribution in [0.3, 0.4) is 0 Å². The van der Waals surface area contributed by atoms with Crippen LogP contribution in [-0.2, 0) is 6.54 Å². The summed E-state index contributed by atoms with van der Waals surface area (Å²) in [5.41, 5.74) is 3.09. The molecule has 0 saturated heterocycles. The van der Waals surface area contributed by atoms with Crippen molar-refractivity contribution < 1.29 is 4.79 Å². The molecule has 0 amide bonds. The molecule has 1 aromatic carbocycles. The van der Waals surface area contributed by atoms with E-state index in [1.54, 1.807) is 0 Å². The quantitative estimate of drug-likeness (QED) is 0.691. The molecule has 20 heavy (non-hydrogen) atoms. The number of anilines is 1. The van der Waals surface area contributed by atoms with Gasteiger partial charge in [0.2, 0.25) is 0 Å². The van der Waals surface area contributed by atoms with E-state index in [9.17, 15) is 4.79 Å². The zero-order valence-electron chi connectivity index (χ0n) is 11.4. The van der Waals surface area contributed by atoms with Crippen molar-refractivity contribution in [2.75, 3.05) is 11.9 Å². The van der Waals surface area contributed by atoms with Crippen LogP contribution in [0.2, 0.25) is 0 Å². The van der Waals surface area contributed by atoms with Crippen molar-refractivity contribution >= 4 is 28.4 Å². The molecule has 4 nitrogen and oxygen atoms in total. The summed E-state index contributed by atoms with van der Waals surface area (Å²) in [5.74, 6) is 0.732. The molecule has 0 unspecified atom stereocenters. The Morgan fingerprint density at radius 1 is 1.40 bits per heavy atom. The number of imidazole rings is 1. The maximum Gasteiger partial charge on any atom is 0.196 e. The average molecular weight is 285 g/mol. The molecule has 102 valence electrons. The number of aromatic nitrogens is 2. The van der Waals surface area contributed by atoms with E-state index < -0.39 is 0 Å². The van der Waals surface area contributed by atoms with Crippen molar-refractivity contribution in [1.82, 2.24) is 9.38 Å². The first-order valence-corrected chi connectivity index (χ1v) is 7.25. The second-order valence-corrected chi connectivity index (χ2v) is 5.65. The average Bonchev–Trinajstić information content (AvgIpc) is 3.01. The molecule has 2 aromatic heterocycles. The molecular formula is C15H15N3OS. The lowest BCUT2D eigenvalue weighted by Gasteiger charge is -2.18. The van der Waals surface area contributed by atoms with Gasteiger partial charge in [0.05, 0.1) is 0 Å². The number of carbonyl (C=O) groups excluding carboxylic acids is 1. The molecule has 0 N–H and O–H groups in total. The molecule has 0 aliphatic carbocycles. The first-order valence-electron chi connectivity index (χ1n) is 6.37. The smallest absolute Gasteiger partial charge is 0.196 e. The van der Waals surface area contributed by atoms with E-state index in [1.165, 1.54) is 22.5 Å². The van der Waals surface area contributed by atoms with Gasteiger partial charge in [0.1, 0.15) is 5.69 Å². The van der Waals surface area contributed by atoms with Crippen molar-refractivity contribution in [3.63, 3.8) is 0 Å². The molecule has 0 fully saturated rings. The Labute approximate surface area is 121 Å². The van der Waals surface area contributed by atoms with Gasteiger partial charge < -0.3 is 4.90 Å². The van der Waals surface area contributed by atoms with Gasteiger partial charge >= 0.3 is 0 Å². The minimum atomic E-state index is 0.609. The summed E-state index contributed by atoms with van der Waals surface area (Å²) in [5, 5.41) is 1.93. The van der Waals surface area contributed by atoms with Gasteiger partial charge in [0.25, 0.3) is 0 Å². The van der Waals surface area contributed by atoms with Gasteiger partial charge in [-0.25, -0.2) is 4.98 Å². The number of aldehydes is 1. The van der Waals surface area contributed by atoms with E-state index in [1.807, 2.05) is 40.1 Å². The Balaban J connectivity index is 1.96. The van der Waals surface area contributed by atoms with Crippen LogP contribution in [0.15, 0.2) is 35.8 Å². The fourth-order valence-electron chi connectivity index (χ4n) is 2.30. The molecule has 0 spiro atoms. The summed E-state index contributed by atoms with van der Waals surface area (Å²) in [6, 6.07) is 8.26. The van der Waals surface area contributed by atoms with Crippen LogP contribution in [0.4, 0.5) is 5.82 Å². The second-order valence-electron chi connectivity index (χ2n) is 4.78. The van der Waals surface area contributed by atoms with Gasteiger partial charge in [-0.05, 0) is 18.1 Å². The van der Waals surface area contributed by atoms with E-state index in [4.69, 9.17) is 0 Å². The van der Waals surface area contributed by atoms with Crippen molar-refractivity contribution in [3.05, 3.63) is 52.7 Å². The normalized spacial score (nSPS) is 10.9. The van der Waals surface area contributed by atoms with Gasteiger partial charge in [0, 0.05) is 25.2 Å². The van der Waals surface area contributed by atoms with E-state index >= 15 is 0 Å². The van der Waals surface area contributed by atoms with Gasteiger partial charge in [0.15, 0.2) is 17.1 Å². The summed E-state index contributed by atoms with van der Waals surface area (Å²) >= 11 is 1.53. The molecule has 0 radical (unpaired) electrons. The number of carbonyl (C=O) groups is 1. The Morgan fingerprint density at radius 3 is 2.95 bits per heavy atom. The van der Waals surface area contributed by atoms with Crippen LogP contribution < -0.4 is 4.90 Å². The van der Waals surface area contributed by atoms with Crippen LogP contribution in [0.1, 0.15) is 21.6 Å². The van der Waals surface area contributed by atoms with Gasteiger partial charge in [-0.15, -0.1) is 11.3 Å². The fourth-order valence-corrected chi connectivity index (χ4v) is 3.02. The van der Waals surface area contributed by atoms with Crippen molar-refractivity contribution in [2.45, 2.75) is 13.5 Å². The zero-order chi connectivity index (χ0) is 14.1. The predicted molar refractivity (Wildman–Crippen MR) is 81.7 cm³/mol. The van der Waals surface area contributed by atoms with Crippen LogP contribution >= 0.6 is 11.3 Å². The maximum atomic E-state index is 11.3. The number of hydrogen-bond acceptors (Lipinski definition) is 4. The number of thiazole rings is 1. The molecule has 2 heterocycles. The monoisotopic (exact) mass is 285 g/mol. The first kappa shape index (κ1) is 12.9. The molecule has 0 bridgehead atoms. The summed E-state index contributed by atoms with van der Waals surface area (Å²) in [4.78, 5) is 18.8. The highest BCUT2D eigenvalue weighted by molar-refractivity contribution is 7.15. The lowest BCUT2D eigenvalue weighted by Crippen LogP contribution is -2.19. The number of rotatable bonds is 4. The van der Waals surface area contributed by atoms with Crippen LogP contribution in [0, 0.1) is 6.92 Å². The molecule has 5 heteroatoms. The number of hydrogen-bond donors (Lipinski definition) is 0. The van der Waals surface area contributed by atoms with Crippen LogP contribution in [-0.4, -0.2) is 22.7 Å². The molecule has 0 saturated carbocycles. The zero-order valence-corrected chi connectivity index (χ0v) is 12.2. The lowest BCUT2D eigenvalue weighted by molar-refractivity contribution is 0.111. The summed E-state index contributed by atoms with van der Waals surface area (Å²) in [6.07, 6.45) is 2.75. The third kappa shape index (κ3) is 2.10. The fraction of sp³-hybridized carbons (Fsp3) is 0.200. The van der Waals surface area contributed by atoms with Crippen molar-refractivity contribution in [3.8, 4) is 0 Å². The number of nitrogens with zero attached hydrogens (tertiary/aromatic N) is 3. The summed E-state index contributed by atoms with van der Waals surface area (Å²) in [6.45, 7) is 2.83. The maximum absolute atomic E-state index is 11.3. The predicted octanol–water partition coefficient (Wildman–Crippen LogP) is 3.15. The summed E-state index contributed by atoms with van der Waals surface area (Å²) < 4.78 is 1.83. The van der Waals surface area contributed by atoms with E-state index in [-0.39, 0.29) is 0 Å². The minimum absolute atomic E-state index is 0.609. The molecular weight excluding hydrogens is 270 g/mol. The highest BCUT2D eigenvalue weighted by Gasteiger charge is 2.16. The highest BCUT2D eigenvalue weighted by atomic mass is 32.1. The van der Waals surface area contributed by atoms with E-state index in [2.05, 4.69) is 24.0 Å². The van der Waals surface area contributed by atoms with E-state index in [0.717, 1.165) is 23.6 Å². The largest absolute Gasteiger partial charge is 0.353 e. The van der Waals surface area contributed by atoms with E-state index in [0.29, 0.717) is 5.69 Å². The van der Waals surface area contributed by atoms with Gasteiger partial charge in [-0.1, -0.05) is 24.3 Å². The second kappa shape index (κ2) is 5.09. The Kier molecular flexibility index (Phi) is 3.28. The molecule has 0 atom stereocenters. The molecule has 0 aliphatic heterocycles. The standard InChI is InChI=1S/C15H15N3OS/c1-11-5-3-4-6-12(11)9-17(2)14-13(10-19)18-7-8-20-15(18)16-14/h3-8,10H,9H2,1-2H3. The Morgan fingerprint density at radius 2 is 2.20 bits per heavy atom. The van der Waals surface area contributed by atoms with Gasteiger partial charge in [-0.2, -0.15) is 0 Å².